The Morgan fingerprint density at radius 1 is 1.39 bits per heavy atom. The van der Waals surface area contributed by atoms with Crippen molar-refractivity contribution in [1.29, 1.82) is 0 Å². The fraction of sp³-hybridized carbons (Fsp3) is 0.214. The maximum absolute atomic E-state index is 12.7. The largest absolute Gasteiger partial charge is 0.416 e. The van der Waals surface area contributed by atoms with Gasteiger partial charge in [0.15, 0.2) is 5.11 Å². The zero-order chi connectivity index (χ0) is 16.9. The van der Waals surface area contributed by atoms with Gasteiger partial charge in [-0.15, -0.1) is 11.7 Å². The molecule has 2 aromatic rings. The molecule has 0 bridgehead atoms. The summed E-state index contributed by atoms with van der Waals surface area (Å²) in [6.45, 7) is 4.22. The summed E-state index contributed by atoms with van der Waals surface area (Å²) in [5.41, 5.74) is -0.216. The second-order valence-electron chi connectivity index (χ2n) is 4.59. The number of aromatic nitrogens is 3. The lowest BCUT2D eigenvalue weighted by molar-refractivity contribution is -0.137. The Labute approximate surface area is 136 Å². The number of thiocarbonyl (C=S) groups is 1. The van der Waals surface area contributed by atoms with E-state index in [-0.39, 0.29) is 12.5 Å². The minimum Gasteiger partial charge on any atom is -0.359 e. The van der Waals surface area contributed by atoms with E-state index in [1.165, 1.54) is 17.1 Å². The van der Waals surface area contributed by atoms with Crippen molar-refractivity contribution in [3.8, 4) is 0 Å². The van der Waals surface area contributed by atoms with Crippen molar-refractivity contribution in [2.24, 2.45) is 0 Å². The molecule has 122 valence electrons. The SMILES string of the molecule is C=CCNC(=S)Nc1ncn(Cc2cccc(C(F)(F)F)c2)n1. The van der Waals surface area contributed by atoms with Crippen LogP contribution in [0.5, 0.6) is 0 Å². The van der Waals surface area contributed by atoms with Crippen molar-refractivity contribution >= 4 is 23.3 Å². The minimum absolute atomic E-state index is 0.172. The van der Waals surface area contributed by atoms with Crippen LogP contribution in [0.15, 0.2) is 43.2 Å². The van der Waals surface area contributed by atoms with Crippen molar-refractivity contribution in [3.05, 3.63) is 54.4 Å². The van der Waals surface area contributed by atoms with Crippen molar-refractivity contribution in [2.45, 2.75) is 12.7 Å². The van der Waals surface area contributed by atoms with Gasteiger partial charge in [0.25, 0.3) is 0 Å². The number of alkyl halides is 3. The van der Waals surface area contributed by atoms with Crippen molar-refractivity contribution in [2.75, 3.05) is 11.9 Å². The highest BCUT2D eigenvalue weighted by Crippen LogP contribution is 2.29. The molecule has 0 amide bonds. The molecule has 0 saturated heterocycles. The molecule has 5 nitrogen and oxygen atoms in total. The Bertz CT molecular complexity index is 696. The highest BCUT2D eigenvalue weighted by Gasteiger charge is 2.30. The smallest absolute Gasteiger partial charge is 0.359 e. The lowest BCUT2D eigenvalue weighted by Crippen LogP contribution is -2.28. The number of hydrogen-bond donors (Lipinski definition) is 2. The van der Waals surface area contributed by atoms with E-state index < -0.39 is 11.7 Å². The molecule has 0 unspecified atom stereocenters. The van der Waals surface area contributed by atoms with Crippen LogP contribution in [-0.2, 0) is 12.7 Å². The van der Waals surface area contributed by atoms with Crippen LogP contribution in [0.1, 0.15) is 11.1 Å². The Hall–Kier alpha value is -2.42. The van der Waals surface area contributed by atoms with Gasteiger partial charge in [-0.3, -0.25) is 5.32 Å². The summed E-state index contributed by atoms with van der Waals surface area (Å²) >= 11 is 5.01. The zero-order valence-corrected chi connectivity index (χ0v) is 12.8. The average molecular weight is 341 g/mol. The lowest BCUT2D eigenvalue weighted by atomic mass is 10.1. The van der Waals surface area contributed by atoms with E-state index >= 15 is 0 Å². The summed E-state index contributed by atoms with van der Waals surface area (Å²) in [5, 5.41) is 10.1. The number of rotatable bonds is 5. The molecular weight excluding hydrogens is 327 g/mol. The number of hydrogen-bond acceptors (Lipinski definition) is 3. The van der Waals surface area contributed by atoms with Crippen LogP contribution in [-0.4, -0.2) is 26.4 Å². The lowest BCUT2D eigenvalue weighted by Gasteiger charge is -2.08. The second kappa shape index (κ2) is 7.23. The molecule has 0 spiro atoms. The Morgan fingerprint density at radius 2 is 2.17 bits per heavy atom. The molecule has 0 aliphatic rings. The van der Waals surface area contributed by atoms with Crippen molar-refractivity contribution in [3.63, 3.8) is 0 Å². The van der Waals surface area contributed by atoms with Gasteiger partial charge in [0.05, 0.1) is 12.1 Å². The number of nitrogens with one attached hydrogen (secondary N) is 2. The van der Waals surface area contributed by atoms with E-state index in [4.69, 9.17) is 12.2 Å². The molecule has 0 atom stereocenters. The topological polar surface area (TPSA) is 54.8 Å². The first-order valence-electron chi connectivity index (χ1n) is 6.60. The molecule has 9 heteroatoms. The number of halogens is 3. The van der Waals surface area contributed by atoms with Crippen LogP contribution < -0.4 is 10.6 Å². The molecular formula is C14H14F3N5S. The summed E-state index contributed by atoms with van der Waals surface area (Å²) in [4.78, 5) is 4.00. The summed E-state index contributed by atoms with van der Waals surface area (Å²) in [5.74, 6) is 0.263. The van der Waals surface area contributed by atoms with Crippen LogP contribution in [0.25, 0.3) is 0 Å². The summed E-state index contributed by atoms with van der Waals surface area (Å²) < 4.78 is 39.5. The summed E-state index contributed by atoms with van der Waals surface area (Å²) in [6.07, 6.45) is -1.31. The number of anilines is 1. The van der Waals surface area contributed by atoms with Crippen molar-refractivity contribution < 1.29 is 13.2 Å². The van der Waals surface area contributed by atoms with Gasteiger partial charge in [-0.2, -0.15) is 13.2 Å². The van der Waals surface area contributed by atoms with Crippen LogP contribution >= 0.6 is 12.2 Å². The normalized spacial score (nSPS) is 11.1. The Morgan fingerprint density at radius 3 is 2.87 bits per heavy atom. The molecule has 0 aliphatic heterocycles. The fourth-order valence-corrected chi connectivity index (χ4v) is 1.95. The summed E-state index contributed by atoms with van der Waals surface area (Å²) in [7, 11) is 0. The zero-order valence-electron chi connectivity index (χ0n) is 12.0. The maximum Gasteiger partial charge on any atom is 0.416 e. The van der Waals surface area contributed by atoms with E-state index in [9.17, 15) is 13.2 Å². The third-order valence-corrected chi connectivity index (χ3v) is 3.01. The van der Waals surface area contributed by atoms with Gasteiger partial charge < -0.3 is 5.32 Å². The molecule has 2 rings (SSSR count). The van der Waals surface area contributed by atoms with Gasteiger partial charge in [-0.1, -0.05) is 18.2 Å². The first kappa shape index (κ1) is 16.9. The highest BCUT2D eigenvalue weighted by atomic mass is 32.1. The number of nitrogens with zero attached hydrogens (tertiary/aromatic N) is 3. The molecule has 2 N–H and O–H groups in total. The van der Waals surface area contributed by atoms with Crippen LogP contribution in [0.3, 0.4) is 0 Å². The van der Waals surface area contributed by atoms with E-state index in [0.717, 1.165) is 12.1 Å². The second-order valence-corrected chi connectivity index (χ2v) is 5.00. The monoisotopic (exact) mass is 341 g/mol. The van der Waals surface area contributed by atoms with Gasteiger partial charge in [-0.05, 0) is 29.9 Å². The molecule has 1 aromatic carbocycles. The number of benzene rings is 1. The van der Waals surface area contributed by atoms with Gasteiger partial charge in [0.1, 0.15) is 6.33 Å². The van der Waals surface area contributed by atoms with Crippen molar-refractivity contribution in [1.82, 2.24) is 20.1 Å². The van der Waals surface area contributed by atoms with E-state index in [2.05, 4.69) is 27.3 Å². The third-order valence-electron chi connectivity index (χ3n) is 2.77. The molecule has 0 saturated carbocycles. The molecule has 0 fully saturated rings. The van der Waals surface area contributed by atoms with Crippen LogP contribution in [0.2, 0.25) is 0 Å². The average Bonchev–Trinajstić information content (AvgIpc) is 2.91. The van der Waals surface area contributed by atoms with Gasteiger partial charge in [0, 0.05) is 6.54 Å². The van der Waals surface area contributed by atoms with Crippen LogP contribution in [0, 0.1) is 0 Å². The Kier molecular flexibility index (Phi) is 5.32. The predicted molar refractivity (Wildman–Crippen MR) is 85.0 cm³/mol. The fourth-order valence-electron chi connectivity index (χ4n) is 1.77. The van der Waals surface area contributed by atoms with E-state index in [1.54, 1.807) is 12.1 Å². The van der Waals surface area contributed by atoms with Gasteiger partial charge in [-0.25, -0.2) is 9.67 Å². The quantitative estimate of drug-likeness (QED) is 0.647. The first-order valence-corrected chi connectivity index (χ1v) is 7.00. The molecule has 0 aliphatic carbocycles. The maximum atomic E-state index is 12.7. The molecule has 1 aromatic heterocycles. The van der Waals surface area contributed by atoms with E-state index in [0.29, 0.717) is 17.2 Å². The minimum atomic E-state index is -4.37. The standard InChI is InChI=1S/C14H14F3N5S/c1-2-6-18-13(23)20-12-19-9-22(21-12)8-10-4-3-5-11(7-10)14(15,16)17/h2-5,7,9H,1,6,8H2,(H2,18,20,21,23). The third kappa shape index (κ3) is 5.06. The van der Waals surface area contributed by atoms with Gasteiger partial charge in [0.2, 0.25) is 5.95 Å². The predicted octanol–water partition coefficient (Wildman–Crippen LogP) is 2.82. The van der Waals surface area contributed by atoms with Gasteiger partial charge >= 0.3 is 6.18 Å². The first-order chi connectivity index (χ1) is 10.9. The van der Waals surface area contributed by atoms with E-state index in [1.807, 2.05) is 0 Å². The molecule has 1 heterocycles. The summed E-state index contributed by atoms with van der Waals surface area (Å²) in [6, 6.07) is 5.08. The molecule has 23 heavy (non-hydrogen) atoms. The van der Waals surface area contributed by atoms with Crippen LogP contribution in [0.4, 0.5) is 19.1 Å². The highest BCUT2D eigenvalue weighted by molar-refractivity contribution is 7.80. The molecule has 0 radical (unpaired) electrons. The Balaban J connectivity index is 2.02.